The van der Waals surface area contributed by atoms with Gasteiger partial charge < -0.3 is 19.4 Å². The highest BCUT2D eigenvalue weighted by molar-refractivity contribution is 5.49. The van der Waals surface area contributed by atoms with E-state index in [0.29, 0.717) is 18.0 Å². The first-order chi connectivity index (χ1) is 10.1. The second kappa shape index (κ2) is 6.45. The highest BCUT2D eigenvalue weighted by atomic mass is 16.5. The van der Waals surface area contributed by atoms with Gasteiger partial charge in [0.25, 0.3) is 0 Å². The molecule has 0 aliphatic heterocycles. The lowest BCUT2D eigenvalue weighted by atomic mass is 10.2. The summed E-state index contributed by atoms with van der Waals surface area (Å²) in [7, 11) is 5.03. The molecule has 0 fully saturated rings. The Morgan fingerprint density at radius 1 is 1.14 bits per heavy atom. The van der Waals surface area contributed by atoms with E-state index < -0.39 is 0 Å². The van der Waals surface area contributed by atoms with Crippen molar-refractivity contribution in [1.82, 2.24) is 9.88 Å². The number of nitrogens with one attached hydrogen (secondary N) is 1. The Labute approximate surface area is 124 Å². The zero-order valence-corrected chi connectivity index (χ0v) is 12.8. The molecule has 2 rings (SSSR count). The molecule has 0 amide bonds. The lowest BCUT2D eigenvalue weighted by Gasteiger charge is -2.15. The van der Waals surface area contributed by atoms with Crippen molar-refractivity contribution in [3.63, 3.8) is 0 Å². The van der Waals surface area contributed by atoms with Gasteiger partial charge in [0.15, 0.2) is 16.9 Å². The van der Waals surface area contributed by atoms with Crippen LogP contribution in [0, 0.1) is 6.92 Å². The fourth-order valence-corrected chi connectivity index (χ4v) is 2.25. The second-order valence-electron chi connectivity index (χ2n) is 4.74. The topological polar surface area (TPSA) is 52.5 Å². The molecular formula is C16H20N2O3. The van der Waals surface area contributed by atoms with Crippen LogP contribution in [-0.2, 0) is 6.54 Å². The van der Waals surface area contributed by atoms with Crippen LogP contribution in [-0.4, -0.2) is 25.8 Å². The van der Waals surface area contributed by atoms with E-state index in [1.165, 1.54) is 0 Å². The molecule has 0 bridgehead atoms. The normalized spacial score (nSPS) is 10.5. The Bertz CT molecular complexity index is 692. The van der Waals surface area contributed by atoms with Gasteiger partial charge in [0, 0.05) is 41.8 Å². The standard InChI is InChI=1S/C16H20N2O3/c1-11-7-14(19)12(9-17-2)10-18(11)13-5-6-15(20-3)16(8-13)21-4/h5-8,10,17H,9H2,1-4H3. The van der Waals surface area contributed by atoms with Gasteiger partial charge in [-0.05, 0) is 26.1 Å². The fourth-order valence-electron chi connectivity index (χ4n) is 2.25. The Balaban J connectivity index is 2.55. The van der Waals surface area contributed by atoms with Crippen LogP contribution >= 0.6 is 0 Å². The molecule has 21 heavy (non-hydrogen) atoms. The molecule has 0 atom stereocenters. The maximum absolute atomic E-state index is 11.9. The molecule has 112 valence electrons. The van der Waals surface area contributed by atoms with E-state index >= 15 is 0 Å². The molecule has 0 unspecified atom stereocenters. The Hall–Kier alpha value is -2.27. The van der Waals surface area contributed by atoms with Gasteiger partial charge in [-0.25, -0.2) is 0 Å². The van der Waals surface area contributed by atoms with Crippen LogP contribution in [0.2, 0.25) is 0 Å². The zero-order chi connectivity index (χ0) is 15.4. The largest absolute Gasteiger partial charge is 0.493 e. The summed E-state index contributed by atoms with van der Waals surface area (Å²) in [6.45, 7) is 2.44. The summed E-state index contributed by atoms with van der Waals surface area (Å²) in [5, 5.41) is 3.01. The van der Waals surface area contributed by atoms with Gasteiger partial charge in [-0.15, -0.1) is 0 Å². The van der Waals surface area contributed by atoms with Crippen molar-refractivity contribution in [3.8, 4) is 17.2 Å². The maximum atomic E-state index is 11.9. The molecule has 5 heteroatoms. The summed E-state index contributed by atoms with van der Waals surface area (Å²) in [6, 6.07) is 7.31. The SMILES string of the molecule is CNCc1cn(-c2ccc(OC)c(OC)c2)c(C)cc1=O. The van der Waals surface area contributed by atoms with Crippen LogP contribution in [0.15, 0.2) is 35.3 Å². The Morgan fingerprint density at radius 3 is 2.48 bits per heavy atom. The molecule has 0 spiro atoms. The highest BCUT2D eigenvalue weighted by Crippen LogP contribution is 2.29. The minimum absolute atomic E-state index is 0.0403. The van der Waals surface area contributed by atoms with E-state index in [2.05, 4.69) is 5.32 Å². The predicted molar refractivity (Wildman–Crippen MR) is 82.6 cm³/mol. The molecule has 5 nitrogen and oxygen atoms in total. The van der Waals surface area contributed by atoms with Crippen molar-refractivity contribution in [3.05, 3.63) is 51.9 Å². The maximum Gasteiger partial charge on any atom is 0.186 e. The summed E-state index contributed by atoms with van der Waals surface area (Å²) < 4.78 is 12.5. The molecule has 1 N–H and O–H groups in total. The lowest BCUT2D eigenvalue weighted by Crippen LogP contribution is -2.19. The van der Waals surface area contributed by atoms with E-state index in [1.807, 2.05) is 42.9 Å². The third kappa shape index (κ3) is 3.08. The quantitative estimate of drug-likeness (QED) is 0.913. The number of aromatic nitrogens is 1. The van der Waals surface area contributed by atoms with Gasteiger partial charge in [-0.3, -0.25) is 4.79 Å². The van der Waals surface area contributed by atoms with Crippen LogP contribution in [0.3, 0.4) is 0 Å². The molecular weight excluding hydrogens is 268 g/mol. The summed E-state index contributed by atoms with van der Waals surface area (Å²) in [5.74, 6) is 1.33. The number of ether oxygens (including phenoxy) is 2. The molecule has 0 saturated heterocycles. The van der Waals surface area contributed by atoms with Gasteiger partial charge in [-0.1, -0.05) is 0 Å². The van der Waals surface area contributed by atoms with Crippen LogP contribution < -0.4 is 20.2 Å². The van der Waals surface area contributed by atoms with Gasteiger partial charge >= 0.3 is 0 Å². The van der Waals surface area contributed by atoms with Crippen molar-refractivity contribution in [2.45, 2.75) is 13.5 Å². The number of nitrogens with zero attached hydrogens (tertiary/aromatic N) is 1. The fraction of sp³-hybridized carbons (Fsp3) is 0.312. The lowest BCUT2D eigenvalue weighted by molar-refractivity contribution is 0.355. The van der Waals surface area contributed by atoms with Crippen molar-refractivity contribution in [2.24, 2.45) is 0 Å². The number of hydrogen-bond acceptors (Lipinski definition) is 4. The van der Waals surface area contributed by atoms with Crippen LogP contribution in [0.25, 0.3) is 5.69 Å². The predicted octanol–water partition coefficient (Wildman–Crippen LogP) is 1.88. The van der Waals surface area contributed by atoms with Crippen molar-refractivity contribution >= 4 is 0 Å². The number of aryl methyl sites for hydroxylation is 1. The van der Waals surface area contributed by atoms with Crippen LogP contribution in [0.1, 0.15) is 11.3 Å². The molecule has 0 saturated carbocycles. The van der Waals surface area contributed by atoms with Gasteiger partial charge in [0.05, 0.1) is 14.2 Å². The molecule has 1 aromatic heterocycles. The first kappa shape index (κ1) is 15.1. The smallest absolute Gasteiger partial charge is 0.186 e. The molecule has 0 aliphatic carbocycles. The van der Waals surface area contributed by atoms with Crippen LogP contribution in [0.5, 0.6) is 11.5 Å². The summed E-state index contributed by atoms with van der Waals surface area (Å²) in [5.41, 5.74) is 2.55. The molecule has 1 heterocycles. The third-order valence-electron chi connectivity index (χ3n) is 3.33. The van der Waals surface area contributed by atoms with E-state index in [0.717, 1.165) is 16.9 Å². The molecule has 0 aliphatic rings. The second-order valence-corrected chi connectivity index (χ2v) is 4.74. The van der Waals surface area contributed by atoms with E-state index in [-0.39, 0.29) is 5.43 Å². The Morgan fingerprint density at radius 2 is 1.86 bits per heavy atom. The van der Waals surface area contributed by atoms with E-state index in [4.69, 9.17) is 9.47 Å². The van der Waals surface area contributed by atoms with Gasteiger partial charge in [-0.2, -0.15) is 0 Å². The van der Waals surface area contributed by atoms with Gasteiger partial charge in [0.2, 0.25) is 0 Å². The summed E-state index contributed by atoms with van der Waals surface area (Å²) >= 11 is 0. The van der Waals surface area contributed by atoms with E-state index in [1.54, 1.807) is 20.3 Å². The van der Waals surface area contributed by atoms with Crippen LogP contribution in [0.4, 0.5) is 0 Å². The molecule has 1 aromatic carbocycles. The number of benzene rings is 1. The minimum Gasteiger partial charge on any atom is -0.493 e. The van der Waals surface area contributed by atoms with Gasteiger partial charge in [0.1, 0.15) is 0 Å². The zero-order valence-electron chi connectivity index (χ0n) is 12.8. The number of methoxy groups -OCH3 is 2. The minimum atomic E-state index is 0.0403. The van der Waals surface area contributed by atoms with E-state index in [9.17, 15) is 4.79 Å². The number of pyridine rings is 1. The number of rotatable bonds is 5. The van der Waals surface area contributed by atoms with Crippen molar-refractivity contribution in [1.29, 1.82) is 0 Å². The third-order valence-corrected chi connectivity index (χ3v) is 3.33. The first-order valence-corrected chi connectivity index (χ1v) is 6.70. The monoisotopic (exact) mass is 288 g/mol. The summed E-state index contributed by atoms with van der Waals surface area (Å²) in [4.78, 5) is 11.9. The Kier molecular flexibility index (Phi) is 4.65. The van der Waals surface area contributed by atoms with Crippen molar-refractivity contribution < 1.29 is 9.47 Å². The molecule has 0 radical (unpaired) electrons. The number of hydrogen-bond donors (Lipinski definition) is 1. The average molecular weight is 288 g/mol. The summed E-state index contributed by atoms with van der Waals surface area (Å²) in [6.07, 6.45) is 1.86. The first-order valence-electron chi connectivity index (χ1n) is 6.70. The highest BCUT2D eigenvalue weighted by Gasteiger charge is 2.09. The van der Waals surface area contributed by atoms with Crippen molar-refractivity contribution in [2.75, 3.05) is 21.3 Å². The average Bonchev–Trinajstić information content (AvgIpc) is 2.49. The molecule has 2 aromatic rings.